The first kappa shape index (κ1) is 22.3. The van der Waals surface area contributed by atoms with Gasteiger partial charge in [-0.15, -0.1) is 0 Å². The third kappa shape index (κ3) is 5.66. The maximum Gasteiger partial charge on any atom is 0.220 e. The van der Waals surface area contributed by atoms with E-state index in [1.54, 1.807) is 12.1 Å². The Bertz CT molecular complexity index is 1260. The molecule has 3 N–H and O–H groups in total. The van der Waals surface area contributed by atoms with Gasteiger partial charge in [-0.25, -0.2) is 4.39 Å². The Kier molecular flexibility index (Phi) is 6.83. The minimum absolute atomic E-state index is 0.0346. The van der Waals surface area contributed by atoms with Crippen LogP contribution in [0.3, 0.4) is 0 Å². The Labute approximate surface area is 192 Å². The van der Waals surface area contributed by atoms with E-state index in [2.05, 4.69) is 15.6 Å². The van der Waals surface area contributed by atoms with Crippen molar-refractivity contribution in [2.24, 2.45) is 0 Å². The summed E-state index contributed by atoms with van der Waals surface area (Å²) >= 11 is 0. The van der Waals surface area contributed by atoms with Crippen molar-refractivity contribution in [3.05, 3.63) is 95.3 Å². The van der Waals surface area contributed by atoms with Crippen LogP contribution in [-0.4, -0.2) is 16.8 Å². The molecule has 0 aliphatic heterocycles. The molecule has 4 aromatic rings. The molecule has 0 saturated heterocycles. The van der Waals surface area contributed by atoms with Gasteiger partial charge in [-0.3, -0.25) is 9.59 Å². The van der Waals surface area contributed by atoms with E-state index in [1.165, 1.54) is 19.1 Å². The number of carbonyl (C=O) groups excluding carboxylic acids is 2. The number of benzene rings is 3. The van der Waals surface area contributed by atoms with Gasteiger partial charge in [-0.1, -0.05) is 42.5 Å². The molecule has 2 amide bonds. The number of halogens is 1. The van der Waals surface area contributed by atoms with E-state index in [0.29, 0.717) is 25.9 Å². The Morgan fingerprint density at radius 3 is 2.15 bits per heavy atom. The summed E-state index contributed by atoms with van der Waals surface area (Å²) in [5, 5.41) is 6.81. The number of hydrogen-bond donors (Lipinski definition) is 3. The lowest BCUT2D eigenvalue weighted by atomic mass is 10.0. The lowest BCUT2D eigenvalue weighted by molar-refractivity contribution is -0.121. The number of H-pyrrole nitrogens is 1. The summed E-state index contributed by atoms with van der Waals surface area (Å²) in [4.78, 5) is 27.0. The van der Waals surface area contributed by atoms with Gasteiger partial charge < -0.3 is 15.6 Å². The van der Waals surface area contributed by atoms with Gasteiger partial charge in [-0.2, -0.15) is 0 Å². The topological polar surface area (TPSA) is 74.0 Å². The highest BCUT2D eigenvalue weighted by atomic mass is 19.1. The molecule has 5 nitrogen and oxygen atoms in total. The average molecular weight is 444 g/mol. The Balaban J connectivity index is 1.40. The third-order valence-electron chi connectivity index (χ3n) is 5.60. The number of aromatic amines is 1. The van der Waals surface area contributed by atoms with Crippen LogP contribution in [0.25, 0.3) is 22.2 Å². The summed E-state index contributed by atoms with van der Waals surface area (Å²) in [5.41, 5.74) is 5.85. The van der Waals surface area contributed by atoms with Crippen LogP contribution < -0.4 is 10.6 Å². The molecule has 0 unspecified atom stereocenters. The molecular weight excluding hydrogens is 417 g/mol. The van der Waals surface area contributed by atoms with Crippen LogP contribution >= 0.6 is 0 Å². The molecule has 168 valence electrons. The zero-order valence-electron chi connectivity index (χ0n) is 18.5. The van der Waals surface area contributed by atoms with E-state index in [1.807, 2.05) is 48.5 Å². The second-order valence-electron chi connectivity index (χ2n) is 8.03. The molecule has 1 aromatic heterocycles. The van der Waals surface area contributed by atoms with Gasteiger partial charge in [0.15, 0.2) is 0 Å². The summed E-state index contributed by atoms with van der Waals surface area (Å²) in [7, 11) is 0. The number of amides is 2. The minimum Gasteiger partial charge on any atom is -0.354 e. The summed E-state index contributed by atoms with van der Waals surface area (Å²) in [6.45, 7) is 2.42. The molecule has 3 aromatic carbocycles. The van der Waals surface area contributed by atoms with E-state index in [-0.39, 0.29) is 17.6 Å². The predicted molar refractivity (Wildman–Crippen MR) is 128 cm³/mol. The van der Waals surface area contributed by atoms with Gasteiger partial charge in [0.1, 0.15) is 5.82 Å². The van der Waals surface area contributed by atoms with Crippen LogP contribution in [0.1, 0.15) is 30.0 Å². The monoisotopic (exact) mass is 443 g/mol. The molecule has 0 radical (unpaired) electrons. The normalized spacial score (nSPS) is 10.8. The summed E-state index contributed by atoms with van der Waals surface area (Å²) in [6.07, 6.45) is 0.912. The SMILES string of the molecule is CC(=O)NCc1ccc(CNC(=O)CCc2c(-c3ccc(F)cc3)[nH]c3ccccc23)cc1. The average Bonchev–Trinajstić information content (AvgIpc) is 3.19. The molecule has 0 atom stereocenters. The van der Waals surface area contributed by atoms with Crippen molar-refractivity contribution in [1.82, 2.24) is 15.6 Å². The number of para-hydroxylation sites is 1. The maximum absolute atomic E-state index is 13.4. The number of hydrogen-bond acceptors (Lipinski definition) is 2. The minimum atomic E-state index is -0.279. The Morgan fingerprint density at radius 2 is 1.48 bits per heavy atom. The van der Waals surface area contributed by atoms with Crippen LogP contribution in [0.4, 0.5) is 4.39 Å². The van der Waals surface area contributed by atoms with Crippen molar-refractivity contribution >= 4 is 22.7 Å². The number of rotatable bonds is 8. The van der Waals surface area contributed by atoms with E-state index in [4.69, 9.17) is 0 Å². The van der Waals surface area contributed by atoms with E-state index in [9.17, 15) is 14.0 Å². The van der Waals surface area contributed by atoms with Crippen molar-refractivity contribution in [3.8, 4) is 11.3 Å². The van der Waals surface area contributed by atoms with Crippen LogP contribution in [0, 0.1) is 5.82 Å². The summed E-state index contributed by atoms with van der Waals surface area (Å²) in [6, 6.07) is 22.1. The highest BCUT2D eigenvalue weighted by Gasteiger charge is 2.14. The van der Waals surface area contributed by atoms with Crippen molar-refractivity contribution in [1.29, 1.82) is 0 Å². The standard InChI is InChI=1S/C27H26FN3O2/c1-18(32)29-16-19-6-8-20(9-7-19)17-30-26(33)15-14-24-23-4-2-3-5-25(23)31-27(24)21-10-12-22(28)13-11-21/h2-13,31H,14-17H2,1H3,(H,29,32)(H,30,33). The lowest BCUT2D eigenvalue weighted by Gasteiger charge is -2.08. The lowest BCUT2D eigenvalue weighted by Crippen LogP contribution is -2.23. The highest BCUT2D eigenvalue weighted by molar-refractivity contribution is 5.91. The molecule has 33 heavy (non-hydrogen) atoms. The Morgan fingerprint density at radius 1 is 0.848 bits per heavy atom. The summed E-state index contributed by atoms with van der Waals surface area (Å²) < 4.78 is 13.4. The fraction of sp³-hybridized carbons (Fsp3) is 0.185. The van der Waals surface area contributed by atoms with Crippen molar-refractivity contribution in [2.75, 3.05) is 0 Å². The quantitative estimate of drug-likeness (QED) is 0.364. The molecule has 0 fully saturated rings. The molecule has 1 heterocycles. The van der Waals surface area contributed by atoms with Gasteiger partial charge in [0, 0.05) is 43.0 Å². The van der Waals surface area contributed by atoms with E-state index >= 15 is 0 Å². The molecule has 4 rings (SSSR count). The van der Waals surface area contributed by atoms with Crippen molar-refractivity contribution < 1.29 is 14.0 Å². The first-order valence-electron chi connectivity index (χ1n) is 10.9. The first-order valence-corrected chi connectivity index (χ1v) is 10.9. The van der Waals surface area contributed by atoms with Crippen LogP contribution in [0.15, 0.2) is 72.8 Å². The molecule has 0 bridgehead atoms. The van der Waals surface area contributed by atoms with Gasteiger partial charge >= 0.3 is 0 Å². The second-order valence-corrected chi connectivity index (χ2v) is 8.03. The fourth-order valence-corrected chi connectivity index (χ4v) is 3.85. The molecule has 0 saturated carbocycles. The molecule has 0 aliphatic rings. The maximum atomic E-state index is 13.4. The smallest absolute Gasteiger partial charge is 0.220 e. The van der Waals surface area contributed by atoms with E-state index in [0.717, 1.165) is 38.9 Å². The van der Waals surface area contributed by atoms with Gasteiger partial charge in [0.25, 0.3) is 0 Å². The zero-order valence-corrected chi connectivity index (χ0v) is 18.5. The Hall–Kier alpha value is -3.93. The van der Waals surface area contributed by atoms with Crippen molar-refractivity contribution in [3.63, 3.8) is 0 Å². The number of aryl methyl sites for hydroxylation is 1. The molecular formula is C27H26FN3O2. The number of fused-ring (bicyclic) bond motifs is 1. The fourth-order valence-electron chi connectivity index (χ4n) is 3.85. The van der Waals surface area contributed by atoms with Crippen LogP contribution in [-0.2, 0) is 29.1 Å². The summed E-state index contributed by atoms with van der Waals surface area (Å²) in [5.74, 6) is -0.379. The van der Waals surface area contributed by atoms with Crippen LogP contribution in [0.5, 0.6) is 0 Å². The van der Waals surface area contributed by atoms with Crippen LogP contribution in [0.2, 0.25) is 0 Å². The predicted octanol–water partition coefficient (Wildman–Crippen LogP) is 4.86. The van der Waals surface area contributed by atoms with Crippen molar-refractivity contribution in [2.45, 2.75) is 32.9 Å². The zero-order chi connectivity index (χ0) is 23.2. The second kappa shape index (κ2) is 10.1. The molecule has 0 spiro atoms. The first-order chi connectivity index (χ1) is 16.0. The largest absolute Gasteiger partial charge is 0.354 e. The number of carbonyl (C=O) groups is 2. The highest BCUT2D eigenvalue weighted by Crippen LogP contribution is 2.31. The number of aromatic nitrogens is 1. The number of nitrogens with one attached hydrogen (secondary N) is 3. The molecule has 0 aliphatic carbocycles. The van der Waals surface area contributed by atoms with Gasteiger partial charge in [0.05, 0.1) is 0 Å². The van der Waals surface area contributed by atoms with E-state index < -0.39 is 0 Å². The third-order valence-corrected chi connectivity index (χ3v) is 5.60. The molecule has 6 heteroatoms. The van der Waals surface area contributed by atoms with Gasteiger partial charge in [-0.05, 0) is 59.0 Å². The van der Waals surface area contributed by atoms with Gasteiger partial charge in [0.2, 0.25) is 11.8 Å².